The summed E-state index contributed by atoms with van der Waals surface area (Å²) < 4.78 is 0. The van der Waals surface area contributed by atoms with Crippen LogP contribution in [0.1, 0.15) is 12.5 Å². The fourth-order valence-electron chi connectivity index (χ4n) is 1.60. The van der Waals surface area contributed by atoms with Gasteiger partial charge in [-0.3, -0.25) is 0 Å². The third-order valence-electron chi connectivity index (χ3n) is 3.26. The lowest BCUT2D eigenvalue weighted by Crippen LogP contribution is -2.49. The Bertz CT molecular complexity index is 321. The second-order valence-electron chi connectivity index (χ2n) is 4.62. The SMILES string of the molecule is CSc1ccc(CC(C)(CN)N(C)C)cc1. The fourth-order valence-corrected chi connectivity index (χ4v) is 2.00. The number of nitrogens with two attached hydrogens (primary N) is 1. The minimum Gasteiger partial charge on any atom is -0.329 e. The first-order chi connectivity index (χ1) is 7.51. The third-order valence-corrected chi connectivity index (χ3v) is 4.01. The second kappa shape index (κ2) is 5.71. The minimum atomic E-state index is 0.0425. The van der Waals surface area contributed by atoms with E-state index in [1.165, 1.54) is 10.5 Å². The van der Waals surface area contributed by atoms with Crippen LogP contribution in [0.5, 0.6) is 0 Å². The Morgan fingerprint density at radius 2 is 1.81 bits per heavy atom. The van der Waals surface area contributed by atoms with Gasteiger partial charge in [-0.15, -0.1) is 11.8 Å². The molecule has 0 fully saturated rings. The van der Waals surface area contributed by atoms with Crippen LogP contribution in [-0.4, -0.2) is 37.3 Å². The van der Waals surface area contributed by atoms with E-state index in [2.05, 4.69) is 56.4 Å². The Morgan fingerprint density at radius 3 is 2.19 bits per heavy atom. The highest BCUT2D eigenvalue weighted by Gasteiger charge is 2.25. The molecule has 16 heavy (non-hydrogen) atoms. The number of thioether (sulfide) groups is 1. The van der Waals surface area contributed by atoms with Gasteiger partial charge in [0.15, 0.2) is 0 Å². The maximum Gasteiger partial charge on any atom is 0.0337 e. The van der Waals surface area contributed by atoms with E-state index in [4.69, 9.17) is 5.73 Å². The van der Waals surface area contributed by atoms with Gasteiger partial charge in [-0.2, -0.15) is 0 Å². The molecule has 0 spiro atoms. The summed E-state index contributed by atoms with van der Waals surface area (Å²) in [4.78, 5) is 3.51. The Balaban J connectivity index is 2.78. The van der Waals surface area contributed by atoms with Crippen LogP contribution in [0.3, 0.4) is 0 Å². The van der Waals surface area contributed by atoms with Crippen LogP contribution < -0.4 is 5.73 Å². The zero-order valence-electron chi connectivity index (χ0n) is 10.7. The summed E-state index contributed by atoms with van der Waals surface area (Å²) in [5.74, 6) is 0. The van der Waals surface area contributed by atoms with E-state index in [0.29, 0.717) is 6.54 Å². The molecule has 0 radical (unpaired) electrons. The molecule has 0 aliphatic rings. The van der Waals surface area contributed by atoms with Crippen LogP contribution in [0.4, 0.5) is 0 Å². The number of benzene rings is 1. The summed E-state index contributed by atoms with van der Waals surface area (Å²) in [6, 6.07) is 8.74. The van der Waals surface area contributed by atoms with Crippen LogP contribution in [0.2, 0.25) is 0 Å². The molecule has 0 aromatic heterocycles. The molecule has 0 bridgehead atoms. The summed E-state index contributed by atoms with van der Waals surface area (Å²) >= 11 is 1.77. The van der Waals surface area contributed by atoms with Crippen LogP contribution in [0.15, 0.2) is 29.2 Å². The van der Waals surface area contributed by atoms with Gasteiger partial charge in [-0.25, -0.2) is 0 Å². The normalized spacial score (nSPS) is 15.1. The van der Waals surface area contributed by atoms with E-state index >= 15 is 0 Å². The van der Waals surface area contributed by atoms with Crippen LogP contribution in [-0.2, 0) is 6.42 Å². The van der Waals surface area contributed by atoms with Crippen molar-refractivity contribution in [1.29, 1.82) is 0 Å². The van der Waals surface area contributed by atoms with E-state index in [1.807, 2.05) is 0 Å². The summed E-state index contributed by atoms with van der Waals surface area (Å²) in [7, 11) is 4.17. The lowest BCUT2D eigenvalue weighted by atomic mass is 9.92. The number of hydrogen-bond donors (Lipinski definition) is 1. The van der Waals surface area contributed by atoms with Gasteiger partial charge in [0, 0.05) is 17.0 Å². The van der Waals surface area contributed by atoms with Crippen molar-refractivity contribution in [2.24, 2.45) is 5.73 Å². The molecule has 1 aromatic rings. The molecule has 0 aliphatic carbocycles. The van der Waals surface area contributed by atoms with Gasteiger partial charge >= 0.3 is 0 Å². The third kappa shape index (κ3) is 3.24. The first-order valence-corrected chi connectivity index (χ1v) is 6.75. The largest absolute Gasteiger partial charge is 0.329 e. The van der Waals surface area contributed by atoms with Crippen molar-refractivity contribution in [2.75, 3.05) is 26.9 Å². The number of nitrogens with zero attached hydrogens (tertiary/aromatic N) is 1. The molecular formula is C13H22N2S. The van der Waals surface area contributed by atoms with Gasteiger partial charge in [0.25, 0.3) is 0 Å². The van der Waals surface area contributed by atoms with Gasteiger partial charge in [-0.1, -0.05) is 12.1 Å². The fraction of sp³-hybridized carbons (Fsp3) is 0.538. The summed E-state index contributed by atoms with van der Waals surface area (Å²) in [5, 5.41) is 0. The Kier molecular flexibility index (Phi) is 4.84. The zero-order valence-corrected chi connectivity index (χ0v) is 11.5. The molecule has 1 aromatic carbocycles. The van der Waals surface area contributed by atoms with Crippen molar-refractivity contribution in [3.05, 3.63) is 29.8 Å². The monoisotopic (exact) mass is 238 g/mol. The van der Waals surface area contributed by atoms with Crippen LogP contribution >= 0.6 is 11.8 Å². The predicted octanol–water partition coefficient (Wildman–Crippen LogP) is 2.23. The van der Waals surface area contributed by atoms with E-state index in [9.17, 15) is 0 Å². The molecule has 1 atom stereocenters. The zero-order chi connectivity index (χ0) is 12.2. The standard InChI is InChI=1S/C13H22N2S/c1-13(10-14,15(2)3)9-11-5-7-12(16-4)8-6-11/h5-8H,9-10,14H2,1-4H3. The Hall–Kier alpha value is -0.510. The van der Waals surface area contributed by atoms with Gasteiger partial charge in [-0.05, 0) is 51.4 Å². The molecule has 1 rings (SSSR count). The molecule has 1 unspecified atom stereocenters. The lowest BCUT2D eigenvalue weighted by molar-refractivity contribution is 0.181. The molecule has 3 heteroatoms. The topological polar surface area (TPSA) is 29.3 Å². The van der Waals surface area contributed by atoms with Crippen LogP contribution in [0.25, 0.3) is 0 Å². The first-order valence-electron chi connectivity index (χ1n) is 5.52. The van der Waals surface area contributed by atoms with Crippen molar-refractivity contribution >= 4 is 11.8 Å². The van der Waals surface area contributed by atoms with E-state index < -0.39 is 0 Å². The first kappa shape index (κ1) is 13.6. The minimum absolute atomic E-state index is 0.0425. The summed E-state index contributed by atoms with van der Waals surface area (Å²) in [6.45, 7) is 2.87. The highest BCUT2D eigenvalue weighted by atomic mass is 32.2. The summed E-state index contributed by atoms with van der Waals surface area (Å²) in [5.41, 5.74) is 7.26. The molecule has 0 saturated heterocycles. The number of likely N-dealkylation sites (N-methyl/N-ethyl adjacent to an activating group) is 1. The maximum atomic E-state index is 5.87. The highest BCUT2D eigenvalue weighted by molar-refractivity contribution is 7.98. The quantitative estimate of drug-likeness (QED) is 0.798. The van der Waals surface area contributed by atoms with Gasteiger partial charge in [0.2, 0.25) is 0 Å². The van der Waals surface area contributed by atoms with Crippen molar-refractivity contribution in [3.63, 3.8) is 0 Å². The molecule has 90 valence electrons. The molecule has 0 amide bonds. The molecular weight excluding hydrogens is 216 g/mol. The lowest BCUT2D eigenvalue weighted by Gasteiger charge is -2.35. The predicted molar refractivity (Wildman–Crippen MR) is 73.1 cm³/mol. The second-order valence-corrected chi connectivity index (χ2v) is 5.50. The molecule has 2 nitrogen and oxygen atoms in total. The van der Waals surface area contributed by atoms with Crippen molar-refractivity contribution in [3.8, 4) is 0 Å². The Labute approximate surface area is 103 Å². The average molecular weight is 238 g/mol. The van der Waals surface area contributed by atoms with E-state index in [-0.39, 0.29) is 5.54 Å². The number of rotatable bonds is 5. The highest BCUT2D eigenvalue weighted by Crippen LogP contribution is 2.20. The van der Waals surface area contributed by atoms with Crippen molar-refractivity contribution in [1.82, 2.24) is 4.90 Å². The van der Waals surface area contributed by atoms with Crippen LogP contribution in [0, 0.1) is 0 Å². The van der Waals surface area contributed by atoms with Gasteiger partial charge in [0.1, 0.15) is 0 Å². The molecule has 0 heterocycles. The number of hydrogen-bond acceptors (Lipinski definition) is 3. The van der Waals surface area contributed by atoms with Gasteiger partial charge in [0.05, 0.1) is 0 Å². The van der Waals surface area contributed by atoms with Gasteiger partial charge < -0.3 is 10.6 Å². The smallest absolute Gasteiger partial charge is 0.0337 e. The van der Waals surface area contributed by atoms with E-state index in [0.717, 1.165) is 6.42 Å². The van der Waals surface area contributed by atoms with E-state index in [1.54, 1.807) is 11.8 Å². The molecule has 0 aliphatic heterocycles. The van der Waals surface area contributed by atoms with Crippen molar-refractivity contribution in [2.45, 2.75) is 23.8 Å². The molecule has 0 saturated carbocycles. The average Bonchev–Trinajstić information content (AvgIpc) is 2.29. The molecule has 2 N–H and O–H groups in total. The van der Waals surface area contributed by atoms with Crippen molar-refractivity contribution < 1.29 is 0 Å². The Morgan fingerprint density at radius 1 is 1.25 bits per heavy atom. The summed E-state index contributed by atoms with van der Waals surface area (Å²) in [6.07, 6.45) is 3.09. The maximum absolute atomic E-state index is 5.87.